The van der Waals surface area contributed by atoms with Gasteiger partial charge in [0.1, 0.15) is 10.2 Å². The molecule has 0 amide bonds. The smallest absolute Gasteiger partial charge is 0.213 e. The molecule has 0 nitrogen and oxygen atoms in total. The first-order valence-electron chi connectivity index (χ1n) is 6.40. The van der Waals surface area contributed by atoms with Crippen molar-refractivity contribution < 1.29 is 83.4 Å². The molecule has 0 saturated heterocycles. The highest BCUT2D eigenvalue weighted by atomic mass is 28.1. The molecule has 0 heterocycles. The zero-order chi connectivity index (χ0) is 25.2. The molecule has 0 rings (SSSR count). The SMILES string of the molecule is FC(F)([SiH2])CC(F)(F)C(F)(F)C(F)(F)C(F)(F)C(F)(F)C(F)(F)C(F)(F)C(F)(F)F. The molecule has 30 heavy (non-hydrogen) atoms. The number of rotatable bonds is 8. The van der Waals surface area contributed by atoms with E-state index in [0.717, 1.165) is 0 Å². The van der Waals surface area contributed by atoms with Crippen LogP contribution in [-0.2, 0) is 0 Å². The Morgan fingerprint density at radius 3 is 0.833 bits per heavy atom. The van der Waals surface area contributed by atoms with Crippen LogP contribution in [0, 0.1) is 0 Å². The molecule has 0 aliphatic carbocycles. The van der Waals surface area contributed by atoms with E-state index >= 15 is 0 Å². The van der Waals surface area contributed by atoms with Crippen molar-refractivity contribution in [2.45, 2.75) is 59.6 Å². The predicted molar refractivity (Wildman–Crippen MR) is 58.8 cm³/mol. The molecule has 0 N–H and O–H groups in total. The maximum atomic E-state index is 13.2. The third-order valence-corrected chi connectivity index (χ3v) is 3.52. The Hall–Kier alpha value is -1.11. The van der Waals surface area contributed by atoms with Crippen LogP contribution >= 0.6 is 0 Å². The first kappa shape index (κ1) is 28.9. The van der Waals surface area contributed by atoms with E-state index in [1.54, 1.807) is 0 Å². The maximum absolute atomic E-state index is 13.2. The summed E-state index contributed by atoms with van der Waals surface area (Å²) in [6.45, 7) is 0. The minimum atomic E-state index is -8.77. The van der Waals surface area contributed by atoms with Crippen molar-refractivity contribution in [2.75, 3.05) is 0 Å². The van der Waals surface area contributed by atoms with Crippen molar-refractivity contribution in [1.29, 1.82) is 0 Å². The fourth-order valence-electron chi connectivity index (χ4n) is 1.63. The predicted octanol–water partition coefficient (Wildman–Crippen LogP) is 5.61. The lowest BCUT2D eigenvalue weighted by molar-refractivity contribution is -0.462. The van der Waals surface area contributed by atoms with Gasteiger partial charge in [0, 0.05) is 0 Å². The van der Waals surface area contributed by atoms with Crippen molar-refractivity contribution >= 4 is 10.2 Å². The molecule has 0 unspecified atom stereocenters. The molecule has 0 atom stereocenters. The largest absolute Gasteiger partial charge is 0.460 e. The first-order valence-corrected chi connectivity index (χ1v) is 7.11. The average molecular weight is 513 g/mol. The molecule has 0 aromatic carbocycles. The molecule has 0 spiro atoms. The van der Waals surface area contributed by atoms with Crippen molar-refractivity contribution in [2.24, 2.45) is 0 Å². The Balaban J connectivity index is 6.70. The number of alkyl halides is 19. The van der Waals surface area contributed by atoms with Gasteiger partial charge >= 0.3 is 47.6 Å². The van der Waals surface area contributed by atoms with Crippen LogP contribution in [0.3, 0.4) is 0 Å². The molecule has 20 heteroatoms. The summed E-state index contributed by atoms with van der Waals surface area (Å²) >= 11 is 0. The number of halogens is 19. The quantitative estimate of drug-likeness (QED) is 0.293. The highest BCUT2D eigenvalue weighted by molar-refractivity contribution is 6.13. The zero-order valence-corrected chi connectivity index (χ0v) is 14.5. The van der Waals surface area contributed by atoms with Crippen LogP contribution in [0.15, 0.2) is 0 Å². The summed E-state index contributed by atoms with van der Waals surface area (Å²) in [5.41, 5.74) is -5.06. The van der Waals surface area contributed by atoms with E-state index in [2.05, 4.69) is 0 Å². The molecule has 0 aromatic rings. The molecular weight excluding hydrogens is 509 g/mol. The summed E-state index contributed by atoms with van der Waals surface area (Å²) in [4.78, 5) is 0. The lowest BCUT2D eigenvalue weighted by Crippen LogP contribution is -2.74. The molecular formula is C10H4F19Si. The summed E-state index contributed by atoms with van der Waals surface area (Å²) < 4.78 is 242. The van der Waals surface area contributed by atoms with Crippen LogP contribution in [0.25, 0.3) is 0 Å². The highest BCUT2D eigenvalue weighted by Crippen LogP contribution is 2.64. The van der Waals surface area contributed by atoms with Crippen LogP contribution in [0.2, 0.25) is 0 Å². The average Bonchev–Trinajstić information content (AvgIpc) is 2.41. The van der Waals surface area contributed by atoms with Crippen molar-refractivity contribution in [1.82, 2.24) is 0 Å². The van der Waals surface area contributed by atoms with Gasteiger partial charge in [-0.25, -0.2) is 8.78 Å². The van der Waals surface area contributed by atoms with Crippen LogP contribution < -0.4 is 0 Å². The van der Waals surface area contributed by atoms with Crippen LogP contribution in [0.5, 0.6) is 0 Å². The van der Waals surface area contributed by atoms with Crippen LogP contribution in [0.4, 0.5) is 83.4 Å². The molecule has 0 aromatic heterocycles. The van der Waals surface area contributed by atoms with E-state index in [4.69, 9.17) is 0 Å². The zero-order valence-electron chi connectivity index (χ0n) is 13.1. The third kappa shape index (κ3) is 3.91. The van der Waals surface area contributed by atoms with Gasteiger partial charge in [0.2, 0.25) is 5.55 Å². The van der Waals surface area contributed by atoms with E-state index in [1.807, 2.05) is 0 Å². The van der Waals surface area contributed by atoms with Crippen molar-refractivity contribution in [3.63, 3.8) is 0 Å². The highest BCUT2D eigenvalue weighted by Gasteiger charge is 2.95. The lowest BCUT2D eigenvalue weighted by Gasteiger charge is -2.43. The molecule has 0 aliphatic heterocycles. The van der Waals surface area contributed by atoms with E-state index in [0.29, 0.717) is 0 Å². The fraction of sp³-hybridized carbons (Fsp3) is 1.00. The van der Waals surface area contributed by atoms with Gasteiger partial charge in [-0.2, -0.15) is 74.6 Å². The standard InChI is InChI=1S/C10H4F19Si/c11-2(12,1-3(13,14)30)4(15,16)5(17,18)6(19,20)7(21,22)8(23,24)9(25,26)10(27,28)29/h1,30H2. The van der Waals surface area contributed by atoms with E-state index in [-0.39, 0.29) is 0 Å². The summed E-state index contributed by atoms with van der Waals surface area (Å²) in [5.74, 6) is -58.1. The van der Waals surface area contributed by atoms with Gasteiger partial charge in [-0.05, 0) is 0 Å². The summed E-state index contributed by atoms with van der Waals surface area (Å²) in [7, 11) is -0.911. The number of hydrogen-bond acceptors (Lipinski definition) is 0. The summed E-state index contributed by atoms with van der Waals surface area (Å²) in [6, 6.07) is 0. The Kier molecular flexibility index (Phi) is 6.68. The summed E-state index contributed by atoms with van der Waals surface area (Å²) in [6.07, 6.45) is -11.6. The Bertz CT molecular complexity index is 622. The lowest BCUT2D eigenvalue weighted by atomic mass is 9.88. The number of hydrogen-bond donors (Lipinski definition) is 0. The molecule has 1 radical (unpaired) electrons. The van der Waals surface area contributed by atoms with E-state index < -0.39 is 69.8 Å². The van der Waals surface area contributed by atoms with Gasteiger partial charge in [-0.15, -0.1) is 0 Å². The minimum absolute atomic E-state index is 0.911. The van der Waals surface area contributed by atoms with E-state index in [9.17, 15) is 83.4 Å². The van der Waals surface area contributed by atoms with Gasteiger partial charge in [0.25, 0.3) is 0 Å². The van der Waals surface area contributed by atoms with Crippen molar-refractivity contribution in [3.05, 3.63) is 0 Å². The Labute approximate surface area is 154 Å². The minimum Gasteiger partial charge on any atom is -0.213 e. The first-order chi connectivity index (χ1) is 12.5. The maximum Gasteiger partial charge on any atom is 0.460 e. The molecule has 0 aliphatic rings. The monoisotopic (exact) mass is 513 g/mol. The molecule has 181 valence electrons. The Morgan fingerprint density at radius 2 is 0.600 bits per heavy atom. The van der Waals surface area contributed by atoms with Gasteiger partial charge < -0.3 is 0 Å². The van der Waals surface area contributed by atoms with Gasteiger partial charge in [0.15, 0.2) is 0 Å². The third-order valence-electron chi connectivity index (χ3n) is 3.27. The fourth-order valence-corrected chi connectivity index (χ4v) is 1.95. The van der Waals surface area contributed by atoms with Crippen LogP contribution in [-0.4, -0.2) is 63.4 Å². The normalized spacial score (nSPS) is 16.8. The molecule has 0 saturated carbocycles. The molecule has 0 bridgehead atoms. The van der Waals surface area contributed by atoms with Gasteiger partial charge in [0.05, 0.1) is 6.42 Å². The van der Waals surface area contributed by atoms with Gasteiger partial charge in [-0.1, -0.05) is 0 Å². The van der Waals surface area contributed by atoms with Crippen LogP contribution in [0.1, 0.15) is 6.42 Å². The second-order valence-electron chi connectivity index (χ2n) is 5.68. The Morgan fingerprint density at radius 1 is 0.367 bits per heavy atom. The van der Waals surface area contributed by atoms with E-state index in [1.165, 1.54) is 0 Å². The van der Waals surface area contributed by atoms with Gasteiger partial charge in [-0.3, -0.25) is 0 Å². The van der Waals surface area contributed by atoms with Crippen molar-refractivity contribution in [3.8, 4) is 0 Å². The topological polar surface area (TPSA) is 0 Å². The summed E-state index contributed by atoms with van der Waals surface area (Å²) in [5, 5.41) is 0. The second-order valence-corrected chi connectivity index (χ2v) is 6.72. The molecule has 0 fully saturated rings. The second kappa shape index (κ2) is 6.94.